The lowest BCUT2D eigenvalue weighted by Gasteiger charge is -2.22. The van der Waals surface area contributed by atoms with Gasteiger partial charge >= 0.3 is 0 Å². The first kappa shape index (κ1) is 15.2. The largest absolute Gasteiger partial charge is 0.548 e. The number of carboxylic acid groups (broad SMARTS) is 1. The summed E-state index contributed by atoms with van der Waals surface area (Å²) in [5, 5.41) is 13.6. The molecule has 0 spiro atoms. The number of amides is 1. The highest BCUT2D eigenvalue weighted by atomic mass is 16.4. The monoisotopic (exact) mass is 264 g/mol. The summed E-state index contributed by atoms with van der Waals surface area (Å²) in [5.41, 5.74) is 4.57. The van der Waals surface area contributed by atoms with Crippen LogP contribution in [0, 0.1) is 5.92 Å². The number of nitrogens with one attached hydrogen (secondary N) is 1. The van der Waals surface area contributed by atoms with E-state index in [9.17, 15) is 14.7 Å². The highest BCUT2D eigenvalue weighted by Crippen LogP contribution is 2.04. The van der Waals surface area contributed by atoms with E-state index >= 15 is 0 Å². The normalized spacial score (nSPS) is 13.9. The minimum Gasteiger partial charge on any atom is -0.548 e. The molecule has 0 aliphatic heterocycles. The number of carbonyl (C=O) groups is 2. The topological polar surface area (TPSA) is 96.9 Å². The number of benzene rings is 1. The van der Waals surface area contributed by atoms with E-state index in [4.69, 9.17) is 0 Å². The predicted octanol–water partition coefficient (Wildman–Crippen LogP) is -1.27. The highest BCUT2D eigenvalue weighted by molar-refractivity contribution is 5.85. The van der Waals surface area contributed by atoms with Gasteiger partial charge in [0.2, 0.25) is 0 Å². The molecule has 19 heavy (non-hydrogen) atoms. The Morgan fingerprint density at radius 1 is 1.26 bits per heavy atom. The zero-order valence-corrected chi connectivity index (χ0v) is 11.3. The van der Waals surface area contributed by atoms with E-state index in [1.54, 1.807) is 0 Å². The van der Waals surface area contributed by atoms with Crippen LogP contribution in [0.5, 0.6) is 0 Å². The molecule has 0 saturated heterocycles. The molecule has 104 valence electrons. The van der Waals surface area contributed by atoms with Crippen molar-refractivity contribution >= 4 is 11.9 Å². The molecule has 0 bridgehead atoms. The number of hydrogen-bond acceptors (Lipinski definition) is 3. The SMILES string of the molecule is CC(C)[C@@H]([NH3+])C(=O)N[C@@H](Cc1ccccc1)C(=O)[O-]. The van der Waals surface area contributed by atoms with Crippen molar-refractivity contribution in [1.29, 1.82) is 0 Å². The Morgan fingerprint density at radius 2 is 1.84 bits per heavy atom. The van der Waals surface area contributed by atoms with Crippen molar-refractivity contribution < 1.29 is 20.4 Å². The van der Waals surface area contributed by atoms with Crippen molar-refractivity contribution in [2.45, 2.75) is 32.4 Å². The number of carbonyl (C=O) groups excluding carboxylic acids is 2. The van der Waals surface area contributed by atoms with E-state index < -0.39 is 18.1 Å². The first-order valence-corrected chi connectivity index (χ1v) is 6.30. The van der Waals surface area contributed by atoms with Crippen molar-refractivity contribution in [3.05, 3.63) is 35.9 Å². The molecule has 0 aromatic heterocycles. The van der Waals surface area contributed by atoms with E-state index in [1.807, 2.05) is 44.2 Å². The van der Waals surface area contributed by atoms with Crippen molar-refractivity contribution in [3.8, 4) is 0 Å². The molecule has 0 aliphatic rings. The van der Waals surface area contributed by atoms with E-state index in [1.165, 1.54) is 0 Å². The van der Waals surface area contributed by atoms with Crippen LogP contribution in [0.15, 0.2) is 30.3 Å². The van der Waals surface area contributed by atoms with Crippen molar-refractivity contribution in [3.63, 3.8) is 0 Å². The average Bonchev–Trinajstić information content (AvgIpc) is 2.37. The maximum atomic E-state index is 11.8. The third-order valence-electron chi connectivity index (χ3n) is 3.03. The summed E-state index contributed by atoms with van der Waals surface area (Å²) >= 11 is 0. The molecular formula is C14H20N2O3. The van der Waals surface area contributed by atoms with Gasteiger partial charge in [0.25, 0.3) is 5.91 Å². The van der Waals surface area contributed by atoms with Gasteiger partial charge in [0, 0.05) is 5.92 Å². The van der Waals surface area contributed by atoms with Crippen molar-refractivity contribution in [2.24, 2.45) is 5.92 Å². The number of rotatable bonds is 6. The van der Waals surface area contributed by atoms with Crippen molar-refractivity contribution in [2.75, 3.05) is 0 Å². The molecular weight excluding hydrogens is 244 g/mol. The van der Waals surface area contributed by atoms with Crippen LogP contribution < -0.4 is 16.2 Å². The summed E-state index contributed by atoms with van der Waals surface area (Å²) in [6.07, 6.45) is 0.208. The number of quaternary nitrogens is 1. The number of hydrogen-bond donors (Lipinski definition) is 2. The lowest BCUT2D eigenvalue weighted by atomic mass is 10.0. The average molecular weight is 264 g/mol. The van der Waals surface area contributed by atoms with Crippen LogP contribution in [-0.4, -0.2) is 24.0 Å². The second-order valence-corrected chi connectivity index (χ2v) is 4.92. The van der Waals surface area contributed by atoms with E-state index in [0.717, 1.165) is 5.56 Å². The van der Waals surface area contributed by atoms with Crippen LogP contribution in [0.3, 0.4) is 0 Å². The lowest BCUT2D eigenvalue weighted by molar-refractivity contribution is -0.414. The van der Waals surface area contributed by atoms with Crippen molar-refractivity contribution in [1.82, 2.24) is 5.32 Å². The zero-order valence-electron chi connectivity index (χ0n) is 11.3. The molecule has 5 nitrogen and oxygen atoms in total. The minimum absolute atomic E-state index is 0.0547. The Labute approximate surface area is 112 Å². The van der Waals surface area contributed by atoms with Gasteiger partial charge in [-0.3, -0.25) is 4.79 Å². The molecule has 2 atom stereocenters. The molecule has 1 amide bonds. The molecule has 1 aromatic carbocycles. The van der Waals surface area contributed by atoms with Crippen LogP contribution in [-0.2, 0) is 16.0 Å². The number of aliphatic carboxylic acids is 1. The Kier molecular flexibility index (Phi) is 5.51. The summed E-state index contributed by atoms with van der Waals surface area (Å²) in [6, 6.07) is 7.61. The van der Waals surface area contributed by atoms with Gasteiger partial charge in [-0.1, -0.05) is 44.2 Å². The second-order valence-electron chi connectivity index (χ2n) is 4.92. The third-order valence-corrected chi connectivity index (χ3v) is 3.03. The molecule has 1 aromatic rings. The Balaban J connectivity index is 2.69. The van der Waals surface area contributed by atoms with Crippen LogP contribution in [0.4, 0.5) is 0 Å². The predicted molar refractivity (Wildman–Crippen MR) is 68.6 cm³/mol. The Bertz CT molecular complexity index is 432. The molecule has 0 heterocycles. The summed E-state index contributed by atoms with van der Waals surface area (Å²) < 4.78 is 0. The fourth-order valence-corrected chi connectivity index (χ4v) is 1.62. The fraction of sp³-hybridized carbons (Fsp3) is 0.429. The minimum atomic E-state index is -1.28. The van der Waals surface area contributed by atoms with Crippen LogP contribution >= 0.6 is 0 Å². The summed E-state index contributed by atoms with van der Waals surface area (Å²) in [7, 11) is 0. The van der Waals surface area contributed by atoms with Crippen LogP contribution in [0.1, 0.15) is 19.4 Å². The summed E-state index contributed by atoms with van der Waals surface area (Å²) in [6.45, 7) is 3.73. The van der Waals surface area contributed by atoms with Gasteiger partial charge in [-0.25, -0.2) is 0 Å². The maximum Gasteiger partial charge on any atom is 0.278 e. The van der Waals surface area contributed by atoms with E-state index in [2.05, 4.69) is 11.1 Å². The van der Waals surface area contributed by atoms with Gasteiger partial charge in [-0.15, -0.1) is 0 Å². The summed E-state index contributed by atoms with van der Waals surface area (Å²) in [5.74, 6) is -1.59. The molecule has 5 heteroatoms. The van der Waals surface area contributed by atoms with Crippen LogP contribution in [0.25, 0.3) is 0 Å². The van der Waals surface area contributed by atoms with Gasteiger partial charge in [-0.2, -0.15) is 0 Å². The Morgan fingerprint density at radius 3 is 2.32 bits per heavy atom. The first-order valence-electron chi connectivity index (χ1n) is 6.30. The summed E-state index contributed by atoms with van der Waals surface area (Å²) in [4.78, 5) is 22.9. The van der Waals surface area contributed by atoms with Gasteiger partial charge in [0.1, 0.15) is 0 Å². The van der Waals surface area contributed by atoms with Gasteiger partial charge in [0.05, 0.1) is 12.0 Å². The molecule has 4 N–H and O–H groups in total. The quantitative estimate of drug-likeness (QED) is 0.670. The van der Waals surface area contributed by atoms with Gasteiger partial charge < -0.3 is 21.0 Å². The molecule has 0 aliphatic carbocycles. The van der Waals surface area contributed by atoms with Gasteiger partial charge in [0.15, 0.2) is 6.04 Å². The number of carboxylic acids is 1. The van der Waals surface area contributed by atoms with Gasteiger partial charge in [-0.05, 0) is 12.0 Å². The van der Waals surface area contributed by atoms with Crippen LogP contribution in [0.2, 0.25) is 0 Å². The Hall–Kier alpha value is -1.88. The van der Waals surface area contributed by atoms with E-state index in [-0.39, 0.29) is 18.2 Å². The second kappa shape index (κ2) is 6.89. The third kappa shape index (κ3) is 4.71. The fourth-order valence-electron chi connectivity index (χ4n) is 1.62. The zero-order chi connectivity index (χ0) is 14.4. The molecule has 0 fully saturated rings. The standard InChI is InChI=1S/C14H20N2O3/c1-9(2)12(15)13(17)16-11(14(18)19)8-10-6-4-3-5-7-10/h3-7,9,11-12H,8,15H2,1-2H3,(H,16,17)(H,18,19)/t11-,12+/m0/s1. The molecule has 1 rings (SSSR count). The highest BCUT2D eigenvalue weighted by Gasteiger charge is 2.24. The first-order chi connectivity index (χ1) is 8.91. The maximum absolute atomic E-state index is 11.8. The molecule has 0 unspecified atom stereocenters. The smallest absolute Gasteiger partial charge is 0.278 e. The lowest BCUT2D eigenvalue weighted by Crippen LogP contribution is -2.71. The molecule has 0 saturated carbocycles. The molecule has 0 radical (unpaired) electrons. The van der Waals surface area contributed by atoms with E-state index in [0.29, 0.717) is 0 Å².